The lowest BCUT2D eigenvalue weighted by Crippen LogP contribution is -2.30. The van der Waals surface area contributed by atoms with Gasteiger partial charge in [-0.1, -0.05) is 337 Å². The van der Waals surface area contributed by atoms with Gasteiger partial charge in [-0.2, -0.15) is 0 Å². The number of phosphoric acid groups is 2. The van der Waals surface area contributed by atoms with Gasteiger partial charge in [0.2, 0.25) is 0 Å². The van der Waals surface area contributed by atoms with Crippen LogP contribution in [0.15, 0.2) is 0 Å². The first kappa shape index (κ1) is 92.1. The SMILES string of the molecule is CCCCCCCCCCCCCCCCCCCCCCCC(=O)O[C@H](COC(=O)CCCCCCCCCCCCC(C)CC)COP(=O)(O)OC[C@@H](O)COP(=O)(O)OC[C@@H](COC(=O)CCCCCCCCC)OC(=O)CCCCCCCCCCC(C)CC. The molecule has 0 fully saturated rings. The van der Waals surface area contributed by atoms with Gasteiger partial charge in [0.1, 0.15) is 19.3 Å². The molecule has 7 atom stereocenters. The second-order valence-corrected chi connectivity index (χ2v) is 30.4. The lowest BCUT2D eigenvalue weighted by atomic mass is 9.99. The molecule has 0 aromatic rings. The Labute approximate surface area is 575 Å². The van der Waals surface area contributed by atoms with E-state index < -0.39 is 97.5 Å². The Morgan fingerprint density at radius 2 is 0.511 bits per heavy atom. The first-order chi connectivity index (χ1) is 45.4. The fourth-order valence-corrected chi connectivity index (χ4v) is 13.0. The smallest absolute Gasteiger partial charge is 0.462 e. The van der Waals surface area contributed by atoms with Gasteiger partial charge in [-0.15, -0.1) is 0 Å². The van der Waals surface area contributed by atoms with Crippen molar-refractivity contribution in [2.75, 3.05) is 39.6 Å². The van der Waals surface area contributed by atoms with E-state index >= 15 is 0 Å². The fraction of sp³-hybridized carbons (Fsp3) is 0.947. The Bertz CT molecular complexity index is 1820. The second kappa shape index (κ2) is 66.9. The van der Waals surface area contributed by atoms with Crippen LogP contribution in [0.25, 0.3) is 0 Å². The van der Waals surface area contributed by atoms with Crippen LogP contribution in [0.5, 0.6) is 0 Å². The van der Waals surface area contributed by atoms with Gasteiger partial charge < -0.3 is 33.8 Å². The van der Waals surface area contributed by atoms with Crippen LogP contribution in [0, 0.1) is 11.8 Å². The van der Waals surface area contributed by atoms with Crippen LogP contribution in [-0.2, 0) is 65.4 Å². The molecular weight excluding hydrogens is 1230 g/mol. The Balaban J connectivity index is 5.17. The predicted molar refractivity (Wildman–Crippen MR) is 381 cm³/mol. The third-order valence-electron chi connectivity index (χ3n) is 18.2. The zero-order valence-electron chi connectivity index (χ0n) is 61.3. The molecule has 0 rings (SSSR count). The van der Waals surface area contributed by atoms with Crippen LogP contribution in [0.2, 0.25) is 0 Å². The molecule has 0 heterocycles. The van der Waals surface area contributed by atoms with Crippen LogP contribution >= 0.6 is 15.6 Å². The zero-order valence-corrected chi connectivity index (χ0v) is 63.1. The fourth-order valence-electron chi connectivity index (χ4n) is 11.4. The second-order valence-electron chi connectivity index (χ2n) is 27.5. The van der Waals surface area contributed by atoms with E-state index in [1.807, 2.05) is 0 Å². The highest BCUT2D eigenvalue weighted by molar-refractivity contribution is 7.47. The number of hydrogen-bond donors (Lipinski definition) is 3. The number of ether oxygens (including phenoxy) is 4. The molecule has 0 aromatic heterocycles. The van der Waals surface area contributed by atoms with E-state index in [1.165, 1.54) is 193 Å². The maximum absolute atomic E-state index is 13.1. The molecule has 19 heteroatoms. The maximum Gasteiger partial charge on any atom is 0.472 e. The minimum absolute atomic E-state index is 0.105. The largest absolute Gasteiger partial charge is 0.472 e. The van der Waals surface area contributed by atoms with Crippen molar-refractivity contribution in [3.05, 3.63) is 0 Å². The van der Waals surface area contributed by atoms with E-state index in [2.05, 4.69) is 41.5 Å². The molecule has 3 N–H and O–H groups in total. The Morgan fingerprint density at radius 1 is 0.298 bits per heavy atom. The summed E-state index contributed by atoms with van der Waals surface area (Å²) in [6, 6.07) is 0. The van der Waals surface area contributed by atoms with E-state index in [0.29, 0.717) is 25.7 Å². The zero-order chi connectivity index (χ0) is 69.3. The first-order valence-corrected chi connectivity index (χ1v) is 42.1. The molecular formula is C75H146O17P2. The average Bonchev–Trinajstić information content (AvgIpc) is 1.84. The summed E-state index contributed by atoms with van der Waals surface area (Å²) in [5, 5.41) is 10.6. The van der Waals surface area contributed by atoms with E-state index in [1.54, 1.807) is 0 Å². The number of unbranched alkanes of at least 4 members (excludes halogenated alkanes) is 42. The maximum atomic E-state index is 13.1. The molecule has 0 saturated heterocycles. The highest BCUT2D eigenvalue weighted by Crippen LogP contribution is 2.45. The summed E-state index contributed by atoms with van der Waals surface area (Å²) < 4.78 is 68.4. The number of carbonyl (C=O) groups is 4. The monoisotopic (exact) mass is 1380 g/mol. The van der Waals surface area contributed by atoms with Crippen molar-refractivity contribution in [2.24, 2.45) is 11.8 Å². The van der Waals surface area contributed by atoms with E-state index in [9.17, 15) is 43.2 Å². The van der Waals surface area contributed by atoms with Crippen molar-refractivity contribution < 1.29 is 80.2 Å². The molecule has 0 spiro atoms. The van der Waals surface area contributed by atoms with Crippen LogP contribution in [0.3, 0.4) is 0 Å². The van der Waals surface area contributed by atoms with Crippen LogP contribution in [-0.4, -0.2) is 96.7 Å². The molecule has 0 saturated carbocycles. The van der Waals surface area contributed by atoms with E-state index in [4.69, 9.17) is 37.0 Å². The summed E-state index contributed by atoms with van der Waals surface area (Å²) in [5.41, 5.74) is 0. The van der Waals surface area contributed by atoms with Gasteiger partial charge in [0.05, 0.1) is 26.4 Å². The third kappa shape index (κ3) is 66.0. The van der Waals surface area contributed by atoms with Crippen LogP contribution < -0.4 is 0 Å². The van der Waals surface area contributed by atoms with E-state index in [-0.39, 0.29) is 25.7 Å². The van der Waals surface area contributed by atoms with Gasteiger partial charge in [-0.3, -0.25) is 37.3 Å². The van der Waals surface area contributed by atoms with Gasteiger partial charge in [0.15, 0.2) is 12.2 Å². The van der Waals surface area contributed by atoms with Crippen molar-refractivity contribution in [3.8, 4) is 0 Å². The summed E-state index contributed by atoms with van der Waals surface area (Å²) in [4.78, 5) is 72.6. The first-order valence-electron chi connectivity index (χ1n) is 39.1. The van der Waals surface area contributed by atoms with Crippen molar-refractivity contribution in [2.45, 2.75) is 407 Å². The molecule has 0 radical (unpaired) electrons. The van der Waals surface area contributed by atoms with Gasteiger partial charge in [0, 0.05) is 25.7 Å². The summed E-state index contributed by atoms with van der Waals surface area (Å²) in [5.74, 6) is -0.545. The topological polar surface area (TPSA) is 237 Å². The standard InChI is InChI=1S/C75H146O17P2/c1-7-11-13-15-17-18-19-20-21-22-23-24-25-26-27-28-29-34-41-47-53-59-74(79)91-71(64-86-73(78)58-52-46-40-33-31-30-32-38-43-49-55-67(5)9-3)66-90-94(83,84)88-62-69(76)61-87-93(81,82)89-65-70(63-85-72(77)57-51-45-37-16-14-12-8-2)92-75(80)60-54-48-42-36-35-39-44-50-56-68(6)10-4/h67-71,76H,7-66H2,1-6H3,(H,81,82)(H,83,84)/t67?,68?,69-,70+,71+/m0/s1. The Hall–Kier alpha value is -1.94. The summed E-state index contributed by atoms with van der Waals surface area (Å²) in [6.07, 6.45) is 54.3. The van der Waals surface area contributed by atoms with Crippen molar-refractivity contribution in [3.63, 3.8) is 0 Å². The summed E-state index contributed by atoms with van der Waals surface area (Å²) in [7, 11) is -9.90. The average molecular weight is 1380 g/mol. The minimum Gasteiger partial charge on any atom is -0.462 e. The minimum atomic E-state index is -4.96. The number of hydrogen-bond acceptors (Lipinski definition) is 15. The molecule has 0 aliphatic carbocycles. The van der Waals surface area contributed by atoms with Crippen molar-refractivity contribution in [1.29, 1.82) is 0 Å². The Morgan fingerprint density at radius 3 is 0.755 bits per heavy atom. The lowest BCUT2D eigenvalue weighted by Gasteiger charge is -2.21. The Kier molecular flexibility index (Phi) is 65.5. The molecule has 0 bridgehead atoms. The number of esters is 4. The molecule has 0 aromatic carbocycles. The van der Waals surface area contributed by atoms with Gasteiger partial charge >= 0.3 is 39.5 Å². The number of aliphatic hydroxyl groups excluding tert-OH is 1. The quantitative estimate of drug-likeness (QED) is 0.0222. The number of aliphatic hydroxyl groups is 1. The van der Waals surface area contributed by atoms with Crippen LogP contribution in [0.4, 0.5) is 0 Å². The predicted octanol–water partition coefficient (Wildman–Crippen LogP) is 21.9. The molecule has 0 aliphatic rings. The third-order valence-corrected chi connectivity index (χ3v) is 20.1. The van der Waals surface area contributed by atoms with Gasteiger partial charge in [-0.05, 0) is 37.5 Å². The summed E-state index contributed by atoms with van der Waals surface area (Å²) >= 11 is 0. The van der Waals surface area contributed by atoms with Crippen molar-refractivity contribution >= 4 is 39.5 Å². The highest BCUT2D eigenvalue weighted by atomic mass is 31.2. The molecule has 17 nitrogen and oxygen atoms in total. The molecule has 0 amide bonds. The van der Waals surface area contributed by atoms with Crippen molar-refractivity contribution in [1.82, 2.24) is 0 Å². The molecule has 558 valence electrons. The van der Waals surface area contributed by atoms with Crippen LogP contribution in [0.1, 0.15) is 388 Å². The lowest BCUT2D eigenvalue weighted by molar-refractivity contribution is -0.161. The summed E-state index contributed by atoms with van der Waals surface area (Å²) in [6.45, 7) is 9.56. The van der Waals surface area contributed by atoms with Gasteiger partial charge in [-0.25, -0.2) is 9.13 Å². The highest BCUT2D eigenvalue weighted by Gasteiger charge is 2.30. The number of phosphoric ester groups is 2. The van der Waals surface area contributed by atoms with E-state index in [0.717, 1.165) is 115 Å². The number of carbonyl (C=O) groups excluding carboxylic acids is 4. The van der Waals surface area contributed by atoms with Gasteiger partial charge in [0.25, 0.3) is 0 Å². The number of rotatable bonds is 74. The normalized spacial score (nSPS) is 14.6. The molecule has 4 unspecified atom stereocenters. The molecule has 0 aliphatic heterocycles. The molecule has 94 heavy (non-hydrogen) atoms.